The standard InChI is InChI=1S/C9H10BrNO3S/c1-11(8(12)9(13)14)3-2-7-4-6(10)5-15-7/h4-5H,2-3H2,1H3,(H,13,14). The summed E-state index contributed by atoms with van der Waals surface area (Å²) in [5, 5.41) is 10.4. The SMILES string of the molecule is CN(CCc1cc(Br)cs1)C(=O)C(=O)O. The fourth-order valence-corrected chi connectivity index (χ4v) is 2.47. The summed E-state index contributed by atoms with van der Waals surface area (Å²) >= 11 is 4.91. The maximum Gasteiger partial charge on any atom is 0.394 e. The molecule has 0 unspecified atom stereocenters. The van der Waals surface area contributed by atoms with Crippen molar-refractivity contribution in [3.05, 3.63) is 20.8 Å². The van der Waals surface area contributed by atoms with Gasteiger partial charge < -0.3 is 10.0 Å². The highest BCUT2D eigenvalue weighted by Crippen LogP contribution is 2.20. The minimum Gasteiger partial charge on any atom is -0.474 e. The van der Waals surface area contributed by atoms with Gasteiger partial charge in [0, 0.05) is 28.3 Å². The van der Waals surface area contributed by atoms with Gasteiger partial charge in [-0.3, -0.25) is 4.79 Å². The molecule has 0 fully saturated rings. The Morgan fingerprint density at radius 2 is 2.27 bits per heavy atom. The highest BCUT2D eigenvalue weighted by Gasteiger charge is 2.16. The summed E-state index contributed by atoms with van der Waals surface area (Å²) in [6, 6.07) is 1.96. The average molecular weight is 292 g/mol. The fourth-order valence-electron chi connectivity index (χ4n) is 1.03. The maximum absolute atomic E-state index is 11.0. The van der Waals surface area contributed by atoms with E-state index in [4.69, 9.17) is 5.11 Å². The predicted octanol–water partition coefficient (Wildman–Crippen LogP) is 1.60. The number of carboxylic acids is 1. The molecule has 82 valence electrons. The van der Waals surface area contributed by atoms with Crippen molar-refractivity contribution in [1.29, 1.82) is 0 Å². The molecule has 1 amide bonds. The third-order valence-electron chi connectivity index (χ3n) is 1.85. The second kappa shape index (κ2) is 5.27. The molecule has 0 aromatic carbocycles. The van der Waals surface area contributed by atoms with Crippen LogP contribution in [0.5, 0.6) is 0 Å². The Balaban J connectivity index is 2.44. The molecule has 0 spiro atoms. The molecule has 0 aliphatic heterocycles. The zero-order chi connectivity index (χ0) is 11.4. The molecule has 0 atom stereocenters. The summed E-state index contributed by atoms with van der Waals surface area (Å²) in [4.78, 5) is 23.7. The van der Waals surface area contributed by atoms with Crippen LogP contribution in [0.2, 0.25) is 0 Å². The lowest BCUT2D eigenvalue weighted by atomic mass is 10.3. The molecule has 0 aliphatic carbocycles. The Morgan fingerprint density at radius 3 is 2.73 bits per heavy atom. The first kappa shape index (κ1) is 12.2. The number of carboxylic acid groups (broad SMARTS) is 1. The minimum absolute atomic E-state index is 0.415. The van der Waals surface area contributed by atoms with Crippen molar-refractivity contribution < 1.29 is 14.7 Å². The van der Waals surface area contributed by atoms with Crippen LogP contribution < -0.4 is 0 Å². The van der Waals surface area contributed by atoms with E-state index in [1.807, 2.05) is 11.4 Å². The van der Waals surface area contributed by atoms with Crippen LogP contribution in [-0.4, -0.2) is 35.5 Å². The first-order valence-electron chi connectivity index (χ1n) is 4.22. The number of carbonyl (C=O) groups is 2. The van der Waals surface area contributed by atoms with Crippen LogP contribution in [0.1, 0.15) is 4.88 Å². The molecule has 1 rings (SSSR count). The van der Waals surface area contributed by atoms with E-state index in [0.717, 1.165) is 9.35 Å². The van der Waals surface area contributed by atoms with E-state index < -0.39 is 11.9 Å². The third-order valence-corrected chi connectivity index (χ3v) is 3.60. The van der Waals surface area contributed by atoms with Crippen LogP contribution in [0, 0.1) is 0 Å². The number of nitrogens with zero attached hydrogens (tertiary/aromatic N) is 1. The lowest BCUT2D eigenvalue weighted by Gasteiger charge is -2.13. The molecule has 0 bridgehead atoms. The number of rotatable bonds is 3. The second-order valence-electron chi connectivity index (χ2n) is 3.01. The topological polar surface area (TPSA) is 57.6 Å². The number of hydrogen-bond acceptors (Lipinski definition) is 3. The van der Waals surface area contributed by atoms with E-state index in [9.17, 15) is 9.59 Å². The van der Waals surface area contributed by atoms with Crippen LogP contribution in [0.25, 0.3) is 0 Å². The molecule has 1 N–H and O–H groups in total. The predicted molar refractivity (Wildman–Crippen MR) is 61.0 cm³/mol. The van der Waals surface area contributed by atoms with E-state index in [2.05, 4.69) is 15.9 Å². The van der Waals surface area contributed by atoms with Crippen molar-refractivity contribution in [2.45, 2.75) is 6.42 Å². The number of carbonyl (C=O) groups excluding carboxylic acids is 1. The number of aliphatic carboxylic acids is 1. The summed E-state index contributed by atoms with van der Waals surface area (Å²) < 4.78 is 1.01. The molecule has 0 radical (unpaired) electrons. The van der Waals surface area contributed by atoms with Crippen molar-refractivity contribution in [1.82, 2.24) is 4.90 Å². The molecular weight excluding hydrogens is 282 g/mol. The van der Waals surface area contributed by atoms with Crippen molar-refractivity contribution in [2.75, 3.05) is 13.6 Å². The number of halogens is 1. The first-order chi connectivity index (χ1) is 7.00. The highest BCUT2D eigenvalue weighted by molar-refractivity contribution is 9.10. The largest absolute Gasteiger partial charge is 0.474 e. The molecular formula is C9H10BrNO3S. The van der Waals surface area contributed by atoms with E-state index in [1.54, 1.807) is 11.3 Å². The molecule has 4 nitrogen and oxygen atoms in total. The molecule has 1 aromatic heterocycles. The van der Waals surface area contributed by atoms with E-state index in [1.165, 1.54) is 11.9 Å². The van der Waals surface area contributed by atoms with Gasteiger partial charge in [0.2, 0.25) is 0 Å². The quantitative estimate of drug-likeness (QED) is 0.861. The van der Waals surface area contributed by atoms with Gasteiger partial charge in [-0.2, -0.15) is 0 Å². The van der Waals surface area contributed by atoms with Gasteiger partial charge in [-0.1, -0.05) is 0 Å². The van der Waals surface area contributed by atoms with Crippen LogP contribution >= 0.6 is 27.3 Å². The van der Waals surface area contributed by atoms with Crippen molar-refractivity contribution in [2.24, 2.45) is 0 Å². The van der Waals surface area contributed by atoms with Gasteiger partial charge >= 0.3 is 11.9 Å². The lowest BCUT2D eigenvalue weighted by Crippen LogP contribution is -2.34. The van der Waals surface area contributed by atoms with E-state index in [0.29, 0.717) is 13.0 Å². The van der Waals surface area contributed by atoms with Gasteiger partial charge in [0.05, 0.1) is 0 Å². The van der Waals surface area contributed by atoms with Crippen molar-refractivity contribution >= 4 is 39.1 Å². The number of thiophene rings is 1. The van der Waals surface area contributed by atoms with E-state index >= 15 is 0 Å². The summed E-state index contributed by atoms with van der Waals surface area (Å²) in [5.74, 6) is -2.28. The second-order valence-corrected chi connectivity index (χ2v) is 4.92. The number of likely N-dealkylation sites (N-methyl/N-ethyl adjacent to an activating group) is 1. The van der Waals surface area contributed by atoms with Gasteiger partial charge in [0.25, 0.3) is 0 Å². The van der Waals surface area contributed by atoms with Gasteiger partial charge in [0.1, 0.15) is 0 Å². The Kier molecular flexibility index (Phi) is 4.28. The highest BCUT2D eigenvalue weighted by atomic mass is 79.9. The Bertz CT molecular complexity index is 377. The van der Waals surface area contributed by atoms with Crippen LogP contribution in [0.4, 0.5) is 0 Å². The molecule has 0 saturated carbocycles. The summed E-state index contributed by atoms with van der Waals surface area (Å²) in [5.41, 5.74) is 0. The maximum atomic E-state index is 11.0. The number of hydrogen-bond donors (Lipinski definition) is 1. The first-order valence-corrected chi connectivity index (χ1v) is 5.89. The van der Waals surface area contributed by atoms with Gasteiger partial charge in [0.15, 0.2) is 0 Å². The molecule has 1 heterocycles. The molecule has 15 heavy (non-hydrogen) atoms. The summed E-state index contributed by atoms with van der Waals surface area (Å²) in [6.45, 7) is 0.415. The fraction of sp³-hybridized carbons (Fsp3) is 0.333. The van der Waals surface area contributed by atoms with Crippen LogP contribution in [0.3, 0.4) is 0 Å². The molecule has 0 saturated heterocycles. The summed E-state index contributed by atoms with van der Waals surface area (Å²) in [6.07, 6.45) is 0.672. The Labute approximate surface area is 99.6 Å². The monoisotopic (exact) mass is 291 g/mol. The number of amides is 1. The lowest BCUT2D eigenvalue weighted by molar-refractivity contribution is -0.155. The zero-order valence-corrected chi connectivity index (χ0v) is 10.5. The van der Waals surface area contributed by atoms with Gasteiger partial charge in [-0.05, 0) is 28.4 Å². The molecule has 0 aliphatic rings. The van der Waals surface area contributed by atoms with Crippen LogP contribution in [0.15, 0.2) is 15.9 Å². The molecule has 1 aromatic rings. The smallest absolute Gasteiger partial charge is 0.394 e. The van der Waals surface area contributed by atoms with Gasteiger partial charge in [-0.15, -0.1) is 11.3 Å². The van der Waals surface area contributed by atoms with Crippen molar-refractivity contribution in [3.63, 3.8) is 0 Å². The zero-order valence-electron chi connectivity index (χ0n) is 8.07. The van der Waals surface area contributed by atoms with E-state index in [-0.39, 0.29) is 0 Å². The summed E-state index contributed by atoms with van der Waals surface area (Å²) in [7, 11) is 1.49. The van der Waals surface area contributed by atoms with Gasteiger partial charge in [-0.25, -0.2) is 4.79 Å². The average Bonchev–Trinajstić information content (AvgIpc) is 2.59. The molecule has 6 heteroatoms. The minimum atomic E-state index is -1.41. The normalized spacial score (nSPS) is 10.0. The Hall–Kier alpha value is -0.880. The third kappa shape index (κ3) is 3.64. The Morgan fingerprint density at radius 1 is 1.60 bits per heavy atom. The van der Waals surface area contributed by atoms with Crippen LogP contribution in [-0.2, 0) is 16.0 Å². The van der Waals surface area contributed by atoms with Crippen molar-refractivity contribution in [3.8, 4) is 0 Å².